The van der Waals surface area contributed by atoms with Crippen LogP contribution in [0.25, 0.3) is 0 Å². The van der Waals surface area contributed by atoms with E-state index in [1.165, 1.54) is 13.0 Å². The molecule has 0 radical (unpaired) electrons. The highest BCUT2D eigenvalue weighted by molar-refractivity contribution is 6.05. The second-order valence-corrected chi connectivity index (χ2v) is 7.80. The van der Waals surface area contributed by atoms with E-state index in [2.05, 4.69) is 10.6 Å². The number of benzene rings is 3. The van der Waals surface area contributed by atoms with Gasteiger partial charge in [0.05, 0.1) is 0 Å². The first-order chi connectivity index (χ1) is 16.3. The molecule has 2 N–H and O–H groups in total. The van der Waals surface area contributed by atoms with Crippen LogP contribution in [0, 0.1) is 6.92 Å². The average Bonchev–Trinajstić information content (AvgIpc) is 2.82. The fraction of sp³-hybridized carbons (Fsp3) is 0.185. The first-order valence-corrected chi connectivity index (χ1v) is 10.9. The molecule has 0 unspecified atom stereocenters. The van der Waals surface area contributed by atoms with Crippen molar-refractivity contribution in [2.24, 2.45) is 0 Å². The molecule has 174 valence electrons. The number of ether oxygens (including phenoxy) is 1. The highest BCUT2D eigenvalue weighted by atomic mass is 16.5. The summed E-state index contributed by atoms with van der Waals surface area (Å²) in [6, 6.07) is 20.7. The van der Waals surface area contributed by atoms with Crippen molar-refractivity contribution in [3.05, 3.63) is 95.1 Å². The average molecular weight is 459 g/mol. The van der Waals surface area contributed by atoms with E-state index in [1.807, 2.05) is 19.1 Å². The van der Waals surface area contributed by atoms with Crippen LogP contribution in [0.5, 0.6) is 5.75 Å². The van der Waals surface area contributed by atoms with E-state index < -0.39 is 5.97 Å². The van der Waals surface area contributed by atoms with Gasteiger partial charge in [-0.1, -0.05) is 54.1 Å². The number of hydrogen-bond donors (Lipinski definition) is 2. The van der Waals surface area contributed by atoms with Gasteiger partial charge >= 0.3 is 5.97 Å². The van der Waals surface area contributed by atoms with Crippen molar-refractivity contribution in [2.75, 3.05) is 5.32 Å². The molecule has 2 amide bonds. The number of amides is 2. The van der Waals surface area contributed by atoms with Crippen molar-refractivity contribution in [3.63, 3.8) is 0 Å². The lowest BCUT2D eigenvalue weighted by Gasteiger charge is -2.12. The van der Waals surface area contributed by atoms with Crippen molar-refractivity contribution < 1.29 is 23.9 Å². The highest BCUT2D eigenvalue weighted by Crippen LogP contribution is 2.19. The van der Waals surface area contributed by atoms with Gasteiger partial charge in [0.25, 0.3) is 5.91 Å². The third kappa shape index (κ3) is 7.13. The second-order valence-electron chi connectivity index (χ2n) is 7.80. The lowest BCUT2D eigenvalue weighted by atomic mass is 10.0. The first-order valence-electron chi connectivity index (χ1n) is 10.9. The maximum Gasteiger partial charge on any atom is 0.308 e. The molecule has 0 saturated heterocycles. The smallest absolute Gasteiger partial charge is 0.308 e. The van der Waals surface area contributed by atoms with Gasteiger partial charge in [-0.2, -0.15) is 0 Å². The van der Waals surface area contributed by atoms with Crippen LogP contribution in [0.1, 0.15) is 51.6 Å². The van der Waals surface area contributed by atoms with Crippen LogP contribution >= 0.6 is 0 Å². The van der Waals surface area contributed by atoms with E-state index in [0.717, 1.165) is 5.56 Å². The van der Waals surface area contributed by atoms with Crippen LogP contribution in [0.2, 0.25) is 0 Å². The summed E-state index contributed by atoms with van der Waals surface area (Å²) in [6.45, 7) is 3.43. The van der Waals surface area contributed by atoms with Gasteiger partial charge in [-0.25, -0.2) is 0 Å². The number of nitrogens with one attached hydrogen (secondary N) is 2. The molecular weight excluding hydrogens is 432 g/mol. The van der Waals surface area contributed by atoms with E-state index in [9.17, 15) is 19.2 Å². The summed E-state index contributed by atoms with van der Waals surface area (Å²) in [7, 11) is 0. The third-order valence-corrected chi connectivity index (χ3v) is 5.05. The van der Waals surface area contributed by atoms with E-state index >= 15 is 0 Å². The normalized spacial score (nSPS) is 10.3. The molecule has 0 aromatic heterocycles. The van der Waals surface area contributed by atoms with Crippen molar-refractivity contribution in [2.45, 2.75) is 33.2 Å². The Morgan fingerprint density at radius 1 is 0.824 bits per heavy atom. The standard InChI is InChI=1S/C27H26N2O5/c1-18-10-12-20(13-11-18)25(31)14-15-26(32)28-17-22-6-3-4-9-24(22)29-27(33)21-7-5-8-23(16-21)34-19(2)30/h3-13,16H,14-15,17H2,1-2H3,(H,28,32)(H,29,33). The number of carbonyl (C=O) groups excluding carboxylic acids is 4. The summed E-state index contributed by atoms with van der Waals surface area (Å²) in [4.78, 5) is 48.4. The maximum absolute atomic E-state index is 12.7. The molecule has 7 heteroatoms. The van der Waals surface area contributed by atoms with E-state index in [-0.39, 0.29) is 42.7 Å². The first kappa shape index (κ1) is 24.4. The fourth-order valence-corrected chi connectivity index (χ4v) is 3.25. The number of aryl methyl sites for hydroxylation is 1. The van der Waals surface area contributed by atoms with Gasteiger partial charge in [0.1, 0.15) is 5.75 Å². The number of Topliss-reactive ketones (excluding diaryl/α,β-unsaturated/α-hetero) is 1. The maximum atomic E-state index is 12.7. The van der Waals surface area contributed by atoms with E-state index in [0.29, 0.717) is 22.4 Å². The Morgan fingerprint density at radius 2 is 1.56 bits per heavy atom. The molecular formula is C27H26N2O5. The zero-order valence-electron chi connectivity index (χ0n) is 19.1. The molecule has 0 aliphatic heterocycles. The molecule has 0 saturated carbocycles. The van der Waals surface area contributed by atoms with Gasteiger partial charge in [-0.3, -0.25) is 19.2 Å². The number of rotatable bonds is 9. The number of anilines is 1. The topological polar surface area (TPSA) is 102 Å². The fourth-order valence-electron chi connectivity index (χ4n) is 3.25. The number of para-hydroxylation sites is 1. The Hall–Kier alpha value is -4.26. The lowest BCUT2D eigenvalue weighted by molar-refractivity contribution is -0.131. The highest BCUT2D eigenvalue weighted by Gasteiger charge is 2.13. The zero-order valence-corrected chi connectivity index (χ0v) is 19.1. The monoisotopic (exact) mass is 458 g/mol. The Morgan fingerprint density at radius 3 is 2.29 bits per heavy atom. The number of esters is 1. The number of ketones is 1. The quantitative estimate of drug-likeness (QED) is 0.280. The molecule has 0 bridgehead atoms. The predicted octanol–water partition coefficient (Wildman–Crippen LogP) is 4.45. The minimum absolute atomic E-state index is 0.0736. The largest absolute Gasteiger partial charge is 0.427 e. The molecule has 0 fully saturated rings. The molecule has 0 aliphatic rings. The minimum atomic E-state index is -0.473. The van der Waals surface area contributed by atoms with Crippen LogP contribution < -0.4 is 15.4 Å². The Kier molecular flexibility index (Phi) is 8.29. The summed E-state index contributed by atoms with van der Waals surface area (Å²) in [6.07, 6.45) is 0.191. The molecule has 3 aromatic rings. The molecule has 7 nitrogen and oxygen atoms in total. The van der Waals surface area contributed by atoms with E-state index in [1.54, 1.807) is 54.6 Å². The number of hydrogen-bond acceptors (Lipinski definition) is 5. The van der Waals surface area contributed by atoms with Crippen LogP contribution in [0.15, 0.2) is 72.8 Å². The lowest BCUT2D eigenvalue weighted by Crippen LogP contribution is -2.24. The molecule has 3 rings (SSSR count). The SMILES string of the molecule is CC(=O)Oc1cccc(C(=O)Nc2ccccc2CNC(=O)CCC(=O)c2ccc(C)cc2)c1. The Bertz CT molecular complexity index is 1200. The van der Waals surface area contributed by atoms with Gasteiger partial charge in [-0.15, -0.1) is 0 Å². The van der Waals surface area contributed by atoms with Crippen LogP contribution in [-0.4, -0.2) is 23.6 Å². The van der Waals surface area contributed by atoms with Crippen molar-refractivity contribution in [1.29, 1.82) is 0 Å². The summed E-state index contributed by atoms with van der Waals surface area (Å²) < 4.78 is 5.03. The summed E-state index contributed by atoms with van der Waals surface area (Å²) >= 11 is 0. The van der Waals surface area contributed by atoms with Crippen molar-refractivity contribution >= 4 is 29.3 Å². The van der Waals surface area contributed by atoms with Gasteiger partial charge < -0.3 is 15.4 Å². The molecule has 0 spiro atoms. The predicted molar refractivity (Wildman–Crippen MR) is 129 cm³/mol. The van der Waals surface area contributed by atoms with Gasteiger partial charge in [0, 0.05) is 43.1 Å². The summed E-state index contributed by atoms with van der Waals surface area (Å²) in [5.74, 6) is -0.911. The van der Waals surface area contributed by atoms with Gasteiger partial charge in [-0.05, 0) is 36.8 Å². The van der Waals surface area contributed by atoms with E-state index in [4.69, 9.17) is 4.74 Å². The molecule has 0 heterocycles. The Balaban J connectivity index is 1.56. The second kappa shape index (κ2) is 11.6. The molecule has 34 heavy (non-hydrogen) atoms. The van der Waals surface area contributed by atoms with Crippen molar-refractivity contribution in [1.82, 2.24) is 5.32 Å². The van der Waals surface area contributed by atoms with Crippen LogP contribution in [-0.2, 0) is 16.1 Å². The van der Waals surface area contributed by atoms with Gasteiger partial charge in [0.2, 0.25) is 5.91 Å². The van der Waals surface area contributed by atoms with Crippen molar-refractivity contribution in [3.8, 4) is 5.75 Å². The zero-order chi connectivity index (χ0) is 24.5. The third-order valence-electron chi connectivity index (χ3n) is 5.05. The van der Waals surface area contributed by atoms with Gasteiger partial charge in [0.15, 0.2) is 5.78 Å². The van der Waals surface area contributed by atoms with Crippen LogP contribution in [0.4, 0.5) is 5.69 Å². The molecule has 3 aromatic carbocycles. The summed E-state index contributed by atoms with van der Waals surface area (Å²) in [5, 5.41) is 5.62. The minimum Gasteiger partial charge on any atom is -0.427 e. The number of carbonyl (C=O) groups is 4. The van der Waals surface area contributed by atoms with Crippen LogP contribution in [0.3, 0.4) is 0 Å². The Labute approximate surface area is 198 Å². The summed E-state index contributed by atoms with van der Waals surface area (Å²) in [5.41, 5.74) is 3.24. The molecule has 0 atom stereocenters. The molecule has 0 aliphatic carbocycles.